The third kappa shape index (κ3) is 15.2. The number of methoxy groups -OCH3 is 1. The lowest BCUT2D eigenvalue weighted by molar-refractivity contribution is -0.144. The van der Waals surface area contributed by atoms with Crippen LogP contribution in [0.5, 0.6) is 5.75 Å². The molecule has 0 saturated carbocycles. The van der Waals surface area contributed by atoms with Gasteiger partial charge in [0.25, 0.3) is 0 Å². The van der Waals surface area contributed by atoms with Gasteiger partial charge in [-0.1, -0.05) is 68.8 Å². The van der Waals surface area contributed by atoms with Crippen LogP contribution in [0.2, 0.25) is 5.02 Å². The molecule has 2 saturated heterocycles. The first-order chi connectivity index (χ1) is 35.4. The predicted molar refractivity (Wildman–Crippen MR) is 293 cm³/mol. The summed E-state index contributed by atoms with van der Waals surface area (Å²) in [6, 6.07) is 19.5. The molecule has 0 radical (unpaired) electrons. The number of thiazole rings is 1. The SMILES string of the molecule is COc1cc(N2CCN(CCCOCCOCCC(=O)NC(C(=O)N3C[C@H](O)C[C@H]3C(=O)NCc3ccc(-c4scnc4C)cc3)C(C)(C)C)CC2)ccc1Nc1ncc(Cl)c(Nc2ccccc2P(C)(C)=O)n1. The van der Waals surface area contributed by atoms with Gasteiger partial charge < -0.3 is 54.9 Å². The molecule has 0 bridgehead atoms. The Kier molecular flexibility index (Phi) is 19.5. The van der Waals surface area contributed by atoms with Crippen LogP contribution in [0.4, 0.5) is 28.8 Å². The van der Waals surface area contributed by atoms with E-state index in [9.17, 15) is 24.1 Å². The Labute approximate surface area is 443 Å². The fourth-order valence-electron chi connectivity index (χ4n) is 8.91. The van der Waals surface area contributed by atoms with E-state index in [1.54, 1.807) is 31.8 Å². The first kappa shape index (κ1) is 56.1. The van der Waals surface area contributed by atoms with E-state index in [4.69, 9.17) is 25.8 Å². The number of anilines is 5. The summed E-state index contributed by atoms with van der Waals surface area (Å²) in [6.07, 6.45) is 1.68. The molecule has 3 amide bonds. The number of piperazine rings is 1. The Morgan fingerprint density at radius 1 is 0.932 bits per heavy atom. The van der Waals surface area contributed by atoms with E-state index in [-0.39, 0.29) is 44.4 Å². The number of para-hydroxylation sites is 1. The van der Waals surface area contributed by atoms with E-state index < -0.39 is 36.7 Å². The summed E-state index contributed by atoms with van der Waals surface area (Å²) in [5.41, 5.74) is 6.48. The summed E-state index contributed by atoms with van der Waals surface area (Å²) in [5, 5.41) is 23.9. The molecule has 18 nitrogen and oxygen atoms in total. The van der Waals surface area contributed by atoms with Crippen LogP contribution in [0.25, 0.3) is 10.4 Å². The van der Waals surface area contributed by atoms with Crippen molar-refractivity contribution in [3.8, 4) is 16.2 Å². The van der Waals surface area contributed by atoms with E-state index in [0.29, 0.717) is 59.0 Å². The van der Waals surface area contributed by atoms with Crippen molar-refractivity contribution >= 4 is 81.9 Å². The number of ether oxygens (including phenoxy) is 3. The van der Waals surface area contributed by atoms with Crippen LogP contribution in [0, 0.1) is 12.3 Å². The molecule has 0 aliphatic carbocycles. The Morgan fingerprint density at radius 3 is 2.35 bits per heavy atom. The van der Waals surface area contributed by atoms with Crippen LogP contribution in [0.15, 0.2) is 78.4 Å². The second-order valence-electron chi connectivity index (χ2n) is 20.0. The third-order valence-electron chi connectivity index (χ3n) is 13.0. The molecule has 0 spiro atoms. The van der Waals surface area contributed by atoms with Gasteiger partial charge in [0.15, 0.2) is 5.82 Å². The number of hydrogen-bond donors (Lipinski definition) is 5. The summed E-state index contributed by atoms with van der Waals surface area (Å²) < 4.78 is 30.3. The van der Waals surface area contributed by atoms with E-state index >= 15 is 0 Å². The van der Waals surface area contributed by atoms with Gasteiger partial charge in [-0.15, -0.1) is 11.3 Å². The van der Waals surface area contributed by atoms with Crippen LogP contribution in [0.1, 0.15) is 51.3 Å². The van der Waals surface area contributed by atoms with E-state index in [1.807, 2.05) is 99.9 Å². The topological polar surface area (TPSA) is 213 Å². The summed E-state index contributed by atoms with van der Waals surface area (Å²) >= 11 is 8.05. The normalized spacial score (nSPS) is 16.7. The number of aliphatic hydroxyl groups excluding tert-OH is 1. The number of β-amino-alcohol motifs (C(OH)–C–C–N with tert-alkyl or cyclic N) is 1. The van der Waals surface area contributed by atoms with Gasteiger partial charge in [0.2, 0.25) is 23.7 Å². The third-order valence-corrected chi connectivity index (χ3v) is 15.8. The van der Waals surface area contributed by atoms with Crippen LogP contribution < -0.4 is 36.2 Å². The van der Waals surface area contributed by atoms with Crippen molar-refractivity contribution in [2.45, 2.75) is 71.7 Å². The lowest BCUT2D eigenvalue weighted by Gasteiger charge is -2.36. The van der Waals surface area contributed by atoms with Crippen molar-refractivity contribution in [3.63, 3.8) is 0 Å². The fraction of sp³-hybridized carbons (Fsp3) is 0.472. The number of carbonyl (C=O) groups is 3. The molecular weight excluding hydrogens is 1000 g/mol. The number of carbonyl (C=O) groups excluding carboxylic acids is 3. The molecule has 3 aromatic carbocycles. The van der Waals surface area contributed by atoms with Crippen LogP contribution in [0.3, 0.4) is 0 Å². The van der Waals surface area contributed by atoms with Gasteiger partial charge in [-0.3, -0.25) is 19.3 Å². The van der Waals surface area contributed by atoms with Gasteiger partial charge in [-0.25, -0.2) is 9.97 Å². The second kappa shape index (κ2) is 25.7. The molecule has 398 valence electrons. The molecule has 2 aromatic heterocycles. The molecule has 3 atom stereocenters. The van der Waals surface area contributed by atoms with E-state index in [2.05, 4.69) is 46.0 Å². The number of nitrogens with zero attached hydrogens (tertiary/aromatic N) is 6. The number of aliphatic hydroxyl groups is 1. The van der Waals surface area contributed by atoms with Crippen LogP contribution >= 0.6 is 30.1 Å². The molecular formula is C53H70ClN10O8PS. The van der Waals surface area contributed by atoms with Crippen molar-refractivity contribution < 1.29 is 38.3 Å². The predicted octanol–water partition coefficient (Wildman–Crippen LogP) is 7.05. The van der Waals surface area contributed by atoms with Gasteiger partial charge in [-0.05, 0) is 67.5 Å². The quantitative estimate of drug-likeness (QED) is 0.0328. The van der Waals surface area contributed by atoms with Crippen molar-refractivity contribution in [1.29, 1.82) is 0 Å². The monoisotopic (exact) mass is 1070 g/mol. The molecule has 4 heterocycles. The molecule has 1 unspecified atom stereocenters. The fourth-order valence-corrected chi connectivity index (χ4v) is 11.0. The Bertz CT molecular complexity index is 2750. The Morgan fingerprint density at radius 2 is 1.66 bits per heavy atom. The molecule has 2 fully saturated rings. The van der Waals surface area contributed by atoms with Crippen molar-refractivity contribution in [3.05, 3.63) is 94.7 Å². The largest absolute Gasteiger partial charge is 0.494 e. The first-order valence-corrected chi connectivity index (χ1v) is 28.8. The van der Waals surface area contributed by atoms with Crippen molar-refractivity contribution in [2.24, 2.45) is 5.41 Å². The standard InChI is InChI=1S/C53H70ClN10O8PS/c1-35-47(74-34-57-35)37-15-13-36(14-16-37)31-55-50(67)43-30-39(65)33-64(43)51(68)48(53(2,3)4)60-46(66)19-26-72-28-27-71-25-10-20-62-21-23-63(24-22-62)38-17-18-41(44(29-38)70-5)59-52-56-32-40(54)49(61-52)58-42-11-8-9-12-45(42)73(6,7)69/h8-9,11-18,29,32,34,39,43,48,65H,10,19-28,30-31,33H2,1-7H3,(H,55,67)(H,60,66)(H2,56,58,59,61)/t39-,43+,48?/m1/s1. The molecule has 2 aliphatic rings. The maximum absolute atomic E-state index is 14.0. The highest BCUT2D eigenvalue weighted by Crippen LogP contribution is 2.39. The molecule has 7 rings (SSSR count). The number of nitrogens with one attached hydrogen (secondary N) is 4. The Hall–Kier alpha value is -5.66. The number of halogens is 1. The minimum Gasteiger partial charge on any atom is -0.494 e. The second-order valence-corrected chi connectivity index (χ2v) is 24.4. The summed E-state index contributed by atoms with van der Waals surface area (Å²) in [5.74, 6) is 0.232. The van der Waals surface area contributed by atoms with Crippen LogP contribution in [-0.2, 0) is 35.0 Å². The highest BCUT2D eigenvalue weighted by Gasteiger charge is 2.44. The number of amides is 3. The Balaban J connectivity index is 0.773. The smallest absolute Gasteiger partial charge is 0.246 e. The molecule has 2 aliphatic heterocycles. The highest BCUT2D eigenvalue weighted by molar-refractivity contribution is 7.70. The number of aromatic nitrogens is 3. The first-order valence-electron chi connectivity index (χ1n) is 24.9. The molecule has 21 heteroatoms. The van der Waals surface area contributed by atoms with Crippen LogP contribution in [-0.4, -0.2) is 152 Å². The number of likely N-dealkylation sites (tertiary alicyclic amines) is 1. The van der Waals surface area contributed by atoms with E-state index in [0.717, 1.165) is 66.5 Å². The maximum atomic E-state index is 14.0. The average Bonchev–Trinajstić information content (AvgIpc) is 4.00. The zero-order valence-corrected chi connectivity index (χ0v) is 45.8. The lowest BCUT2D eigenvalue weighted by atomic mass is 9.85. The summed E-state index contributed by atoms with van der Waals surface area (Å²) in [7, 11) is -0.938. The minimum atomic E-state index is -2.56. The number of benzene rings is 3. The molecule has 5 N–H and O–H groups in total. The van der Waals surface area contributed by atoms with Gasteiger partial charge in [0.05, 0.1) is 66.7 Å². The number of hydrogen-bond acceptors (Lipinski definition) is 16. The average molecular weight is 1070 g/mol. The lowest BCUT2D eigenvalue weighted by Crippen LogP contribution is -2.57. The van der Waals surface area contributed by atoms with Gasteiger partial charge in [0.1, 0.15) is 30.0 Å². The van der Waals surface area contributed by atoms with Gasteiger partial charge >= 0.3 is 0 Å². The van der Waals surface area contributed by atoms with Gasteiger partial charge in [0, 0.05) is 82.3 Å². The summed E-state index contributed by atoms with van der Waals surface area (Å²) in [6.45, 7) is 17.1. The molecule has 5 aromatic rings. The highest BCUT2D eigenvalue weighted by atomic mass is 35.5. The number of aryl methyl sites for hydroxylation is 1. The van der Waals surface area contributed by atoms with Crippen molar-refractivity contribution in [1.82, 2.24) is 35.4 Å². The minimum absolute atomic E-state index is 0.000710. The zero-order valence-electron chi connectivity index (χ0n) is 43.4. The summed E-state index contributed by atoms with van der Waals surface area (Å²) in [4.78, 5) is 61.2. The van der Waals surface area contributed by atoms with Crippen molar-refractivity contribution in [2.75, 3.05) is 102 Å². The zero-order chi connectivity index (χ0) is 53.0. The number of rotatable bonds is 23. The maximum Gasteiger partial charge on any atom is 0.246 e. The van der Waals surface area contributed by atoms with Gasteiger partial charge in [-0.2, -0.15) is 4.98 Å². The molecule has 74 heavy (non-hydrogen) atoms. The van der Waals surface area contributed by atoms with E-state index in [1.165, 1.54) is 11.1 Å².